The number of ether oxygens (including phenoxy) is 1. The zero-order valence-electron chi connectivity index (χ0n) is 7.88. The first-order valence-electron chi connectivity index (χ1n) is 5.11. The largest absolute Gasteiger partial charge is 0.375 e. The molecule has 12 heavy (non-hydrogen) atoms. The second kappa shape index (κ2) is 3.00. The van der Waals surface area contributed by atoms with Gasteiger partial charge in [-0.25, -0.2) is 0 Å². The maximum absolute atomic E-state index is 5.90. The smallest absolute Gasteiger partial charge is 0.0726 e. The number of rotatable bonds is 1. The Morgan fingerprint density at radius 1 is 1.50 bits per heavy atom. The topological polar surface area (TPSA) is 35.2 Å². The van der Waals surface area contributed by atoms with Gasteiger partial charge in [0.1, 0.15) is 0 Å². The minimum Gasteiger partial charge on any atom is -0.375 e. The molecule has 2 fully saturated rings. The Hall–Kier alpha value is -0.0800. The van der Waals surface area contributed by atoms with Crippen molar-refractivity contribution >= 4 is 0 Å². The van der Waals surface area contributed by atoms with Crippen LogP contribution in [-0.2, 0) is 4.74 Å². The molecule has 1 saturated carbocycles. The predicted octanol–water partition coefficient (Wildman–Crippen LogP) is 1.54. The molecule has 1 saturated heterocycles. The third-order valence-electron chi connectivity index (χ3n) is 3.64. The van der Waals surface area contributed by atoms with E-state index >= 15 is 0 Å². The molecule has 1 aliphatic carbocycles. The monoisotopic (exact) mass is 169 g/mol. The third kappa shape index (κ3) is 1.17. The van der Waals surface area contributed by atoms with Gasteiger partial charge in [-0.1, -0.05) is 6.92 Å². The zero-order chi connectivity index (χ0) is 8.60. The quantitative estimate of drug-likeness (QED) is 0.646. The van der Waals surface area contributed by atoms with Crippen molar-refractivity contribution in [3.63, 3.8) is 0 Å². The molecule has 0 aromatic rings. The lowest BCUT2D eigenvalue weighted by molar-refractivity contribution is -0.0162. The van der Waals surface area contributed by atoms with Crippen LogP contribution in [0.25, 0.3) is 0 Å². The molecule has 2 aliphatic rings. The molecule has 70 valence electrons. The van der Waals surface area contributed by atoms with Crippen LogP contribution in [-0.4, -0.2) is 18.8 Å². The van der Waals surface area contributed by atoms with Gasteiger partial charge >= 0.3 is 0 Å². The molecule has 0 bridgehead atoms. The Labute approximate surface area is 74.5 Å². The second-order valence-electron chi connectivity index (χ2n) is 4.48. The molecule has 0 amide bonds. The Kier molecular flexibility index (Phi) is 2.13. The Morgan fingerprint density at radius 2 is 2.33 bits per heavy atom. The van der Waals surface area contributed by atoms with Crippen molar-refractivity contribution < 1.29 is 4.74 Å². The zero-order valence-corrected chi connectivity index (χ0v) is 7.88. The third-order valence-corrected chi connectivity index (χ3v) is 3.64. The van der Waals surface area contributed by atoms with Gasteiger partial charge in [-0.2, -0.15) is 0 Å². The summed E-state index contributed by atoms with van der Waals surface area (Å²) < 4.78 is 5.90. The van der Waals surface area contributed by atoms with E-state index in [-0.39, 0.29) is 5.60 Å². The summed E-state index contributed by atoms with van der Waals surface area (Å²) in [5.41, 5.74) is 5.96. The molecule has 3 unspecified atom stereocenters. The summed E-state index contributed by atoms with van der Waals surface area (Å²) in [5, 5.41) is 0. The highest BCUT2D eigenvalue weighted by molar-refractivity contribution is 4.98. The number of hydrogen-bond donors (Lipinski definition) is 1. The molecule has 1 aliphatic heterocycles. The lowest BCUT2D eigenvalue weighted by Crippen LogP contribution is -2.36. The highest BCUT2D eigenvalue weighted by Crippen LogP contribution is 2.46. The van der Waals surface area contributed by atoms with E-state index in [1.807, 2.05) is 0 Å². The van der Waals surface area contributed by atoms with Crippen molar-refractivity contribution in [1.29, 1.82) is 0 Å². The molecule has 2 heteroatoms. The lowest BCUT2D eigenvalue weighted by Gasteiger charge is -2.29. The normalized spacial score (nSPS) is 47.5. The highest BCUT2D eigenvalue weighted by Gasteiger charge is 2.47. The van der Waals surface area contributed by atoms with Crippen LogP contribution in [0.1, 0.15) is 32.6 Å². The first-order valence-corrected chi connectivity index (χ1v) is 5.11. The number of nitrogens with two attached hydrogens (primary N) is 1. The summed E-state index contributed by atoms with van der Waals surface area (Å²) in [6.45, 7) is 4.07. The van der Waals surface area contributed by atoms with Crippen molar-refractivity contribution in [2.75, 3.05) is 13.2 Å². The Bertz CT molecular complexity index is 171. The fraction of sp³-hybridized carbons (Fsp3) is 1.00. The van der Waals surface area contributed by atoms with Crippen LogP contribution in [0.3, 0.4) is 0 Å². The Balaban J connectivity index is 2.09. The maximum atomic E-state index is 5.90. The molecular formula is C10H19NO. The van der Waals surface area contributed by atoms with E-state index < -0.39 is 0 Å². The summed E-state index contributed by atoms with van der Waals surface area (Å²) in [5.74, 6) is 1.49. The molecule has 1 spiro atoms. The Morgan fingerprint density at radius 3 is 2.92 bits per heavy atom. The van der Waals surface area contributed by atoms with Crippen LogP contribution in [0, 0.1) is 11.8 Å². The molecule has 2 rings (SSSR count). The van der Waals surface area contributed by atoms with E-state index in [1.54, 1.807) is 0 Å². The van der Waals surface area contributed by atoms with Crippen molar-refractivity contribution in [1.82, 2.24) is 0 Å². The van der Waals surface area contributed by atoms with Crippen LogP contribution in [0.15, 0.2) is 0 Å². The van der Waals surface area contributed by atoms with Gasteiger partial charge in [0, 0.05) is 12.5 Å². The molecule has 2 nitrogen and oxygen atoms in total. The van der Waals surface area contributed by atoms with Gasteiger partial charge in [-0.3, -0.25) is 0 Å². The van der Waals surface area contributed by atoms with Crippen LogP contribution in [0.5, 0.6) is 0 Å². The number of hydrogen-bond acceptors (Lipinski definition) is 2. The van der Waals surface area contributed by atoms with Crippen LogP contribution in [0.2, 0.25) is 0 Å². The minimum atomic E-state index is 0.203. The van der Waals surface area contributed by atoms with E-state index in [0.29, 0.717) is 5.92 Å². The maximum Gasteiger partial charge on any atom is 0.0726 e. The van der Waals surface area contributed by atoms with Gasteiger partial charge in [0.25, 0.3) is 0 Å². The van der Waals surface area contributed by atoms with Crippen molar-refractivity contribution in [3.05, 3.63) is 0 Å². The summed E-state index contributed by atoms with van der Waals surface area (Å²) in [4.78, 5) is 0. The van der Waals surface area contributed by atoms with Crippen molar-refractivity contribution in [2.24, 2.45) is 17.6 Å². The average molecular weight is 169 g/mol. The molecule has 0 aromatic heterocycles. The summed E-state index contributed by atoms with van der Waals surface area (Å²) in [6, 6.07) is 0. The van der Waals surface area contributed by atoms with E-state index in [2.05, 4.69) is 6.92 Å². The highest BCUT2D eigenvalue weighted by atomic mass is 16.5. The van der Waals surface area contributed by atoms with E-state index in [0.717, 1.165) is 19.1 Å². The van der Waals surface area contributed by atoms with Crippen molar-refractivity contribution in [3.8, 4) is 0 Å². The molecule has 1 heterocycles. The first kappa shape index (κ1) is 8.52. The minimum absolute atomic E-state index is 0.203. The molecule has 0 aromatic carbocycles. The molecular weight excluding hydrogens is 150 g/mol. The van der Waals surface area contributed by atoms with Crippen LogP contribution in [0.4, 0.5) is 0 Å². The predicted molar refractivity (Wildman–Crippen MR) is 48.9 cm³/mol. The van der Waals surface area contributed by atoms with Gasteiger partial charge in [0.2, 0.25) is 0 Å². The summed E-state index contributed by atoms with van der Waals surface area (Å²) in [6.07, 6.45) is 5.00. The fourth-order valence-electron chi connectivity index (χ4n) is 2.90. The lowest BCUT2D eigenvalue weighted by atomic mass is 9.85. The van der Waals surface area contributed by atoms with Crippen LogP contribution < -0.4 is 5.73 Å². The SMILES string of the molecule is CC1CCC2(C1)OCCC2CN. The second-order valence-corrected chi connectivity index (χ2v) is 4.48. The van der Waals surface area contributed by atoms with E-state index in [9.17, 15) is 0 Å². The molecule has 0 radical (unpaired) electrons. The van der Waals surface area contributed by atoms with E-state index in [4.69, 9.17) is 10.5 Å². The van der Waals surface area contributed by atoms with Crippen LogP contribution >= 0.6 is 0 Å². The molecule has 2 N–H and O–H groups in total. The van der Waals surface area contributed by atoms with Gasteiger partial charge in [0.05, 0.1) is 5.60 Å². The van der Waals surface area contributed by atoms with Gasteiger partial charge in [-0.05, 0) is 38.1 Å². The van der Waals surface area contributed by atoms with Gasteiger partial charge < -0.3 is 10.5 Å². The van der Waals surface area contributed by atoms with Gasteiger partial charge in [0.15, 0.2) is 0 Å². The van der Waals surface area contributed by atoms with Gasteiger partial charge in [-0.15, -0.1) is 0 Å². The summed E-state index contributed by atoms with van der Waals surface area (Å²) >= 11 is 0. The van der Waals surface area contributed by atoms with Crippen molar-refractivity contribution in [2.45, 2.75) is 38.2 Å². The summed E-state index contributed by atoms with van der Waals surface area (Å²) in [7, 11) is 0. The fourth-order valence-corrected chi connectivity index (χ4v) is 2.90. The molecule has 3 atom stereocenters. The average Bonchev–Trinajstić information content (AvgIpc) is 2.60. The first-order chi connectivity index (χ1) is 5.77. The van der Waals surface area contributed by atoms with E-state index in [1.165, 1.54) is 25.7 Å². The standard InChI is InChI=1S/C10H19NO/c1-8-2-4-10(6-8)9(7-11)3-5-12-10/h8-9H,2-7,11H2,1H3.